The normalized spacial score (nSPS) is 18.3. The molecule has 0 unspecified atom stereocenters. The molecule has 1 heterocycles. The Morgan fingerprint density at radius 2 is 1.67 bits per heavy atom. The minimum absolute atomic E-state index is 0.0678. The first-order valence-corrected chi connectivity index (χ1v) is 13.2. The highest BCUT2D eigenvalue weighted by molar-refractivity contribution is 6.10. The lowest BCUT2D eigenvalue weighted by Gasteiger charge is -2.39. The number of ether oxygens (including phenoxy) is 2. The monoisotopic (exact) mass is 522 g/mol. The Kier molecular flexibility index (Phi) is 7.29. The summed E-state index contributed by atoms with van der Waals surface area (Å²) in [5, 5.41) is 6.44. The number of benzene rings is 3. The van der Waals surface area contributed by atoms with Crippen molar-refractivity contribution in [3.8, 4) is 11.5 Å². The SMILES string of the molecule is COc1ccccc1NC(=O)C1=C(C)NC2=C(C(=O)CC(C)(C)C2)[C@@H]1c1ccc(OCc2ccccc2)cc1. The fourth-order valence-electron chi connectivity index (χ4n) is 5.51. The number of carbonyl (C=O) groups is 2. The average molecular weight is 523 g/mol. The van der Waals surface area contributed by atoms with Crippen LogP contribution in [0.4, 0.5) is 5.69 Å². The van der Waals surface area contributed by atoms with Crippen LogP contribution in [0.5, 0.6) is 11.5 Å². The zero-order valence-electron chi connectivity index (χ0n) is 22.8. The molecule has 0 radical (unpaired) electrons. The van der Waals surface area contributed by atoms with Gasteiger partial charge < -0.3 is 20.1 Å². The van der Waals surface area contributed by atoms with Gasteiger partial charge >= 0.3 is 0 Å². The predicted octanol–water partition coefficient (Wildman–Crippen LogP) is 6.52. The zero-order valence-corrected chi connectivity index (χ0v) is 22.8. The lowest BCUT2D eigenvalue weighted by Crippen LogP contribution is -2.39. The molecule has 1 atom stereocenters. The highest BCUT2D eigenvalue weighted by Gasteiger charge is 2.42. The fourth-order valence-corrected chi connectivity index (χ4v) is 5.51. The van der Waals surface area contributed by atoms with E-state index < -0.39 is 5.92 Å². The van der Waals surface area contributed by atoms with Crippen molar-refractivity contribution in [3.05, 3.63) is 113 Å². The van der Waals surface area contributed by atoms with E-state index >= 15 is 0 Å². The lowest BCUT2D eigenvalue weighted by atomic mass is 9.68. The van der Waals surface area contributed by atoms with Crippen LogP contribution in [0.1, 0.15) is 50.7 Å². The van der Waals surface area contributed by atoms with Crippen LogP contribution in [0.15, 0.2) is 101 Å². The molecular weight excluding hydrogens is 488 g/mol. The molecule has 0 fully saturated rings. The van der Waals surface area contributed by atoms with Crippen molar-refractivity contribution >= 4 is 17.4 Å². The Morgan fingerprint density at radius 3 is 2.38 bits per heavy atom. The fraction of sp³-hybridized carbons (Fsp3) is 0.273. The lowest BCUT2D eigenvalue weighted by molar-refractivity contribution is -0.118. The summed E-state index contributed by atoms with van der Waals surface area (Å²) in [5.41, 5.74) is 5.20. The number of hydrogen-bond acceptors (Lipinski definition) is 5. The zero-order chi connectivity index (χ0) is 27.6. The summed E-state index contributed by atoms with van der Waals surface area (Å²) in [7, 11) is 1.57. The number of para-hydroxylation sites is 2. The Balaban J connectivity index is 1.49. The molecule has 0 saturated heterocycles. The van der Waals surface area contributed by atoms with Gasteiger partial charge in [0.05, 0.1) is 12.8 Å². The van der Waals surface area contributed by atoms with Gasteiger partial charge in [0.1, 0.15) is 18.1 Å². The van der Waals surface area contributed by atoms with Crippen molar-refractivity contribution in [1.82, 2.24) is 5.32 Å². The topological polar surface area (TPSA) is 76.7 Å². The molecule has 1 aliphatic carbocycles. The minimum Gasteiger partial charge on any atom is -0.495 e. The first-order chi connectivity index (χ1) is 18.8. The Morgan fingerprint density at radius 1 is 0.974 bits per heavy atom. The third kappa shape index (κ3) is 5.60. The van der Waals surface area contributed by atoms with Gasteiger partial charge in [-0.25, -0.2) is 0 Å². The number of allylic oxidation sites excluding steroid dienone is 3. The second kappa shape index (κ2) is 10.8. The molecule has 3 aromatic rings. The molecule has 1 aliphatic heterocycles. The Labute approximate surface area is 229 Å². The Bertz CT molecular complexity index is 1450. The number of ketones is 1. The molecular formula is C33H34N2O4. The van der Waals surface area contributed by atoms with Gasteiger partial charge in [0.25, 0.3) is 5.91 Å². The molecule has 200 valence electrons. The molecule has 0 saturated carbocycles. The Hall–Kier alpha value is -4.32. The van der Waals surface area contributed by atoms with Crippen LogP contribution in [0.25, 0.3) is 0 Å². The molecule has 3 aromatic carbocycles. The van der Waals surface area contributed by atoms with Crippen LogP contribution in [0.3, 0.4) is 0 Å². The molecule has 5 rings (SSSR count). The highest BCUT2D eigenvalue weighted by Crippen LogP contribution is 2.47. The highest BCUT2D eigenvalue weighted by atomic mass is 16.5. The first kappa shape index (κ1) is 26.3. The second-order valence-electron chi connectivity index (χ2n) is 10.9. The third-order valence-electron chi connectivity index (χ3n) is 7.30. The van der Waals surface area contributed by atoms with Gasteiger partial charge in [-0.15, -0.1) is 0 Å². The van der Waals surface area contributed by atoms with Crippen LogP contribution in [0, 0.1) is 5.41 Å². The van der Waals surface area contributed by atoms with Gasteiger partial charge in [-0.2, -0.15) is 0 Å². The third-order valence-corrected chi connectivity index (χ3v) is 7.30. The summed E-state index contributed by atoms with van der Waals surface area (Å²) in [6, 6.07) is 25.0. The van der Waals surface area contributed by atoms with E-state index in [0.717, 1.165) is 34.7 Å². The molecule has 0 bridgehead atoms. The van der Waals surface area contributed by atoms with Gasteiger partial charge in [-0.05, 0) is 54.2 Å². The standard InChI is InChI=1S/C33H34N2O4/c1-21-29(32(37)35-25-12-8-9-13-28(25)38-4)30(31-26(34-21)18-33(2,3)19-27(31)36)23-14-16-24(17-15-23)39-20-22-10-6-5-7-11-22/h5-17,30,34H,18-20H2,1-4H3,(H,35,37)/t30-/m1/s1. The summed E-state index contributed by atoms with van der Waals surface area (Å²) in [5.74, 6) is 0.589. The minimum atomic E-state index is -0.497. The number of methoxy groups -OCH3 is 1. The van der Waals surface area contributed by atoms with E-state index in [9.17, 15) is 9.59 Å². The van der Waals surface area contributed by atoms with Gasteiger partial charge in [-0.3, -0.25) is 9.59 Å². The second-order valence-corrected chi connectivity index (χ2v) is 10.9. The van der Waals surface area contributed by atoms with Gasteiger partial charge in [0.15, 0.2) is 5.78 Å². The molecule has 6 nitrogen and oxygen atoms in total. The quantitative estimate of drug-likeness (QED) is 0.370. The van der Waals surface area contributed by atoms with Crippen molar-refractivity contribution in [3.63, 3.8) is 0 Å². The largest absolute Gasteiger partial charge is 0.495 e. The van der Waals surface area contributed by atoms with Gasteiger partial charge in [0.2, 0.25) is 0 Å². The van der Waals surface area contributed by atoms with Crippen molar-refractivity contribution in [1.29, 1.82) is 0 Å². The molecule has 1 amide bonds. The van der Waals surface area contributed by atoms with Crippen LogP contribution in [-0.4, -0.2) is 18.8 Å². The maximum Gasteiger partial charge on any atom is 0.254 e. The number of Topliss-reactive ketones (excluding diaryl/α,β-unsaturated/α-hetero) is 1. The van der Waals surface area contributed by atoms with Crippen molar-refractivity contribution in [2.45, 2.75) is 46.1 Å². The number of nitrogens with one attached hydrogen (secondary N) is 2. The summed E-state index contributed by atoms with van der Waals surface area (Å²) < 4.78 is 11.4. The van der Waals surface area contributed by atoms with E-state index in [4.69, 9.17) is 9.47 Å². The summed E-state index contributed by atoms with van der Waals surface area (Å²) in [6.45, 7) is 6.57. The smallest absolute Gasteiger partial charge is 0.254 e. The van der Waals surface area contributed by atoms with Gasteiger partial charge in [0, 0.05) is 34.9 Å². The predicted molar refractivity (Wildman–Crippen MR) is 152 cm³/mol. The number of dihydropyridines is 1. The van der Waals surface area contributed by atoms with Crippen LogP contribution < -0.4 is 20.1 Å². The summed E-state index contributed by atoms with van der Waals surface area (Å²) in [4.78, 5) is 27.4. The van der Waals surface area contributed by atoms with Crippen LogP contribution >= 0.6 is 0 Å². The van der Waals surface area contributed by atoms with Crippen LogP contribution in [0.2, 0.25) is 0 Å². The molecule has 39 heavy (non-hydrogen) atoms. The molecule has 0 spiro atoms. The number of rotatable bonds is 7. The van der Waals surface area contributed by atoms with Crippen molar-refractivity contribution in [2.75, 3.05) is 12.4 Å². The van der Waals surface area contributed by atoms with E-state index in [-0.39, 0.29) is 17.1 Å². The molecule has 0 aromatic heterocycles. The number of hydrogen-bond donors (Lipinski definition) is 2. The van der Waals surface area contributed by atoms with E-state index in [1.807, 2.05) is 73.7 Å². The van der Waals surface area contributed by atoms with E-state index in [1.54, 1.807) is 19.2 Å². The van der Waals surface area contributed by atoms with E-state index in [1.165, 1.54) is 0 Å². The summed E-state index contributed by atoms with van der Waals surface area (Å²) in [6.07, 6.45) is 1.17. The number of amides is 1. The van der Waals surface area contributed by atoms with E-state index in [2.05, 4.69) is 24.5 Å². The molecule has 2 aliphatic rings. The molecule has 2 N–H and O–H groups in total. The number of carbonyl (C=O) groups excluding carboxylic acids is 2. The maximum absolute atomic E-state index is 13.8. The molecule has 6 heteroatoms. The van der Waals surface area contributed by atoms with Crippen molar-refractivity contribution in [2.24, 2.45) is 5.41 Å². The van der Waals surface area contributed by atoms with E-state index in [0.29, 0.717) is 35.6 Å². The maximum atomic E-state index is 13.8. The summed E-state index contributed by atoms with van der Waals surface area (Å²) >= 11 is 0. The average Bonchev–Trinajstić information content (AvgIpc) is 2.91. The van der Waals surface area contributed by atoms with Crippen molar-refractivity contribution < 1.29 is 19.1 Å². The number of anilines is 1. The van der Waals surface area contributed by atoms with Crippen LogP contribution in [-0.2, 0) is 16.2 Å². The first-order valence-electron chi connectivity index (χ1n) is 13.2. The van der Waals surface area contributed by atoms with Gasteiger partial charge in [-0.1, -0.05) is 68.4 Å².